The van der Waals surface area contributed by atoms with Crippen LogP contribution >= 0.6 is 7.82 Å². The minimum atomic E-state index is -4.37. The number of allylic oxidation sites excluding steroid dienone is 2. The van der Waals surface area contributed by atoms with Gasteiger partial charge in [-0.1, -0.05) is 154 Å². The highest BCUT2D eigenvalue weighted by Gasteiger charge is 2.27. The van der Waals surface area contributed by atoms with Crippen molar-refractivity contribution in [3.05, 3.63) is 12.2 Å². The van der Waals surface area contributed by atoms with Gasteiger partial charge in [-0.15, -0.1) is 0 Å². The van der Waals surface area contributed by atoms with Gasteiger partial charge in [0.05, 0.1) is 27.7 Å². The van der Waals surface area contributed by atoms with E-state index in [1.54, 1.807) is 0 Å². The summed E-state index contributed by atoms with van der Waals surface area (Å²) in [5.74, 6) is -0.803. The minimum absolute atomic E-state index is 0.0329. The van der Waals surface area contributed by atoms with E-state index >= 15 is 0 Å². The number of hydrogen-bond acceptors (Lipinski definition) is 7. The zero-order chi connectivity index (χ0) is 37.9. The van der Waals surface area contributed by atoms with Crippen molar-refractivity contribution in [3.63, 3.8) is 0 Å². The molecule has 0 saturated carbocycles. The molecule has 0 aliphatic heterocycles. The summed E-state index contributed by atoms with van der Waals surface area (Å²) in [6.07, 6.45) is 34.0. The van der Waals surface area contributed by atoms with Gasteiger partial charge >= 0.3 is 19.8 Å². The number of phosphoric ester groups is 1. The number of hydrogen-bond donors (Lipinski definition) is 1. The van der Waals surface area contributed by atoms with E-state index in [0.29, 0.717) is 23.9 Å². The topological polar surface area (TPSA) is 108 Å². The molecule has 9 nitrogen and oxygen atoms in total. The van der Waals surface area contributed by atoms with E-state index in [2.05, 4.69) is 26.0 Å². The molecule has 0 amide bonds. The Hall–Kier alpha value is -1.25. The lowest BCUT2D eigenvalue weighted by molar-refractivity contribution is -0.870. The highest BCUT2D eigenvalue weighted by atomic mass is 31.2. The molecule has 2 unspecified atom stereocenters. The average Bonchev–Trinajstić information content (AvgIpc) is 3.07. The second kappa shape index (κ2) is 34.5. The predicted octanol–water partition coefficient (Wildman–Crippen LogP) is 11.4. The van der Waals surface area contributed by atoms with Crippen LogP contribution in [0.4, 0.5) is 0 Å². The zero-order valence-corrected chi connectivity index (χ0v) is 34.7. The minimum Gasteiger partial charge on any atom is -0.462 e. The third-order valence-electron chi connectivity index (χ3n) is 9.05. The van der Waals surface area contributed by atoms with Crippen molar-refractivity contribution in [1.82, 2.24) is 0 Å². The molecule has 0 aliphatic rings. The number of carbonyl (C=O) groups excluding carboxylic acids is 2. The fourth-order valence-corrected chi connectivity index (χ4v) is 6.44. The third-order valence-corrected chi connectivity index (χ3v) is 10.0. The molecule has 0 fully saturated rings. The van der Waals surface area contributed by atoms with E-state index < -0.39 is 26.5 Å². The third kappa shape index (κ3) is 38.3. The Labute approximate surface area is 314 Å². The van der Waals surface area contributed by atoms with Crippen LogP contribution in [-0.2, 0) is 32.7 Å². The summed E-state index contributed by atoms with van der Waals surface area (Å²) >= 11 is 0. The van der Waals surface area contributed by atoms with E-state index in [1.165, 1.54) is 96.3 Å². The molecule has 0 bridgehead atoms. The van der Waals surface area contributed by atoms with Crippen molar-refractivity contribution in [1.29, 1.82) is 0 Å². The number of rotatable bonds is 38. The number of likely N-dealkylation sites (N-methyl/N-ethyl adjacent to an activating group) is 1. The Kier molecular flexibility index (Phi) is 33.7. The summed E-state index contributed by atoms with van der Waals surface area (Å²) in [6, 6.07) is 0. The SMILES string of the molecule is CCCC/C=C\CCCCCCCC(=O)OC(COC(=O)CCCCCCCCCCCCCCCCCC)COP(=O)(O)OCC[N+](C)(C)C. The molecule has 0 aliphatic carbocycles. The van der Waals surface area contributed by atoms with Gasteiger partial charge in [0.25, 0.3) is 0 Å². The van der Waals surface area contributed by atoms with Gasteiger partial charge in [0.15, 0.2) is 6.10 Å². The van der Waals surface area contributed by atoms with E-state index in [-0.39, 0.29) is 25.6 Å². The van der Waals surface area contributed by atoms with Gasteiger partial charge in [-0.05, 0) is 32.1 Å². The summed E-state index contributed by atoms with van der Waals surface area (Å²) in [7, 11) is 1.48. The Balaban J connectivity index is 4.33. The smallest absolute Gasteiger partial charge is 0.462 e. The first-order chi connectivity index (χ1) is 24.5. The number of ether oxygens (including phenoxy) is 2. The van der Waals surface area contributed by atoms with Gasteiger partial charge in [-0.25, -0.2) is 4.57 Å². The first kappa shape index (κ1) is 49.8. The summed E-state index contributed by atoms with van der Waals surface area (Å²) in [4.78, 5) is 35.2. The van der Waals surface area contributed by atoms with Gasteiger partial charge < -0.3 is 18.9 Å². The van der Waals surface area contributed by atoms with Gasteiger partial charge in [-0.3, -0.25) is 18.6 Å². The van der Waals surface area contributed by atoms with Crippen LogP contribution in [0.15, 0.2) is 12.2 Å². The predicted molar refractivity (Wildman–Crippen MR) is 211 cm³/mol. The summed E-state index contributed by atoms with van der Waals surface area (Å²) < 4.78 is 34.2. The molecule has 0 heterocycles. The van der Waals surface area contributed by atoms with Crippen LogP contribution in [-0.4, -0.2) is 74.9 Å². The molecule has 2 atom stereocenters. The molecule has 0 aromatic carbocycles. The van der Waals surface area contributed by atoms with Crippen molar-refractivity contribution in [2.24, 2.45) is 0 Å². The highest BCUT2D eigenvalue weighted by molar-refractivity contribution is 7.47. The Bertz CT molecular complexity index is 891. The summed E-state index contributed by atoms with van der Waals surface area (Å²) in [5, 5.41) is 0. The van der Waals surface area contributed by atoms with Crippen molar-refractivity contribution in [3.8, 4) is 0 Å². The first-order valence-corrected chi connectivity index (χ1v) is 22.4. The molecule has 302 valence electrons. The van der Waals surface area contributed by atoms with Gasteiger partial charge in [0, 0.05) is 12.8 Å². The number of unbranched alkanes of at least 4 members (excludes halogenated alkanes) is 22. The number of carbonyl (C=O) groups is 2. The quantitative estimate of drug-likeness (QED) is 0.0219. The Morgan fingerprint density at radius 1 is 0.588 bits per heavy atom. The van der Waals surface area contributed by atoms with Crippen LogP contribution < -0.4 is 0 Å². The van der Waals surface area contributed by atoms with E-state index in [4.69, 9.17) is 18.5 Å². The molecule has 51 heavy (non-hydrogen) atoms. The normalized spacial score (nSPS) is 13.8. The Morgan fingerprint density at radius 2 is 1.02 bits per heavy atom. The zero-order valence-electron chi connectivity index (χ0n) is 33.9. The van der Waals surface area contributed by atoms with Crippen molar-refractivity contribution in [2.45, 2.75) is 193 Å². The lowest BCUT2D eigenvalue weighted by Crippen LogP contribution is -2.37. The van der Waals surface area contributed by atoms with Gasteiger partial charge in [0.1, 0.15) is 19.8 Å². The van der Waals surface area contributed by atoms with Crippen LogP contribution in [0.25, 0.3) is 0 Å². The maximum absolute atomic E-state index is 12.6. The molecule has 0 spiro atoms. The van der Waals surface area contributed by atoms with Crippen molar-refractivity contribution < 1.29 is 42.1 Å². The van der Waals surface area contributed by atoms with Crippen LogP contribution in [0.2, 0.25) is 0 Å². The Morgan fingerprint density at radius 3 is 1.51 bits per heavy atom. The lowest BCUT2D eigenvalue weighted by Gasteiger charge is -2.24. The van der Waals surface area contributed by atoms with Crippen molar-refractivity contribution >= 4 is 19.8 Å². The number of phosphoric acid groups is 1. The number of esters is 2. The van der Waals surface area contributed by atoms with E-state index in [1.807, 2.05) is 21.1 Å². The highest BCUT2D eigenvalue weighted by Crippen LogP contribution is 2.43. The fraction of sp³-hybridized carbons (Fsp3) is 0.902. The molecule has 10 heteroatoms. The number of quaternary nitrogens is 1. The molecule has 0 aromatic heterocycles. The largest absolute Gasteiger partial charge is 0.472 e. The molecular formula is C41H81NO8P+. The first-order valence-electron chi connectivity index (χ1n) is 20.9. The maximum Gasteiger partial charge on any atom is 0.472 e. The van der Waals surface area contributed by atoms with Crippen LogP contribution in [0, 0.1) is 0 Å². The molecule has 0 rings (SSSR count). The standard InChI is InChI=1S/C41H80NO8P/c1-6-8-10-12-14-16-18-19-20-21-22-24-25-27-29-31-33-40(43)47-37-39(38-49-51(45,46)48-36-35-42(3,4)5)50-41(44)34-32-30-28-26-23-17-15-13-11-9-7-2/h13,15,39H,6-12,14,16-38H2,1-5H3/p+1/b15-13-. The van der Waals surface area contributed by atoms with Crippen LogP contribution in [0.5, 0.6) is 0 Å². The second-order valence-corrected chi connectivity index (χ2v) is 16.8. The van der Waals surface area contributed by atoms with Crippen molar-refractivity contribution in [2.75, 3.05) is 47.5 Å². The molecule has 1 N–H and O–H groups in total. The lowest BCUT2D eigenvalue weighted by atomic mass is 10.0. The van der Waals surface area contributed by atoms with Gasteiger partial charge in [-0.2, -0.15) is 0 Å². The monoisotopic (exact) mass is 747 g/mol. The van der Waals surface area contributed by atoms with Gasteiger partial charge in [0.2, 0.25) is 0 Å². The van der Waals surface area contributed by atoms with E-state index in [9.17, 15) is 19.0 Å². The average molecular weight is 747 g/mol. The fourth-order valence-electron chi connectivity index (χ4n) is 5.70. The molecule has 0 aromatic rings. The summed E-state index contributed by atoms with van der Waals surface area (Å²) in [6.45, 7) is 4.38. The second-order valence-electron chi connectivity index (χ2n) is 15.4. The van der Waals surface area contributed by atoms with Crippen LogP contribution in [0.1, 0.15) is 187 Å². The molecule has 0 saturated heterocycles. The maximum atomic E-state index is 12.6. The summed E-state index contributed by atoms with van der Waals surface area (Å²) in [5.41, 5.74) is 0. The molecular weight excluding hydrogens is 665 g/mol. The van der Waals surface area contributed by atoms with Crippen LogP contribution in [0.3, 0.4) is 0 Å². The van der Waals surface area contributed by atoms with E-state index in [0.717, 1.165) is 57.8 Å². The molecule has 0 radical (unpaired) electrons. The number of nitrogens with zero attached hydrogens (tertiary/aromatic N) is 1.